The first-order chi connectivity index (χ1) is 8.08. The second-order valence-corrected chi connectivity index (χ2v) is 6.39. The number of imidazole rings is 1. The Morgan fingerprint density at radius 3 is 2.39 bits per heavy atom. The standard InChI is InChI=1S/C13H23N3O2/c1-12(2,3)7-13(4,5)16-8-15-9(10(16)14)11(17)18-6/h8H,7,14H2,1-6H3. The maximum absolute atomic E-state index is 11.5. The van der Waals surface area contributed by atoms with Crippen LogP contribution < -0.4 is 5.73 Å². The number of hydrogen-bond acceptors (Lipinski definition) is 4. The van der Waals surface area contributed by atoms with Crippen LogP contribution in [0.25, 0.3) is 0 Å². The molecule has 1 rings (SSSR count). The smallest absolute Gasteiger partial charge is 0.360 e. The molecule has 5 heteroatoms. The van der Waals surface area contributed by atoms with Crippen molar-refractivity contribution >= 4 is 11.8 Å². The summed E-state index contributed by atoms with van der Waals surface area (Å²) in [5.41, 5.74) is 6.12. The van der Waals surface area contributed by atoms with Crippen molar-refractivity contribution in [1.82, 2.24) is 9.55 Å². The van der Waals surface area contributed by atoms with Gasteiger partial charge in [0.1, 0.15) is 5.82 Å². The summed E-state index contributed by atoms with van der Waals surface area (Å²) in [5, 5.41) is 0. The summed E-state index contributed by atoms with van der Waals surface area (Å²) in [6, 6.07) is 0. The molecule has 0 aliphatic carbocycles. The summed E-state index contributed by atoms with van der Waals surface area (Å²) in [4.78, 5) is 15.5. The lowest BCUT2D eigenvalue weighted by Crippen LogP contribution is -2.32. The van der Waals surface area contributed by atoms with Gasteiger partial charge in [-0.15, -0.1) is 0 Å². The minimum atomic E-state index is -0.502. The van der Waals surface area contributed by atoms with Gasteiger partial charge in [0, 0.05) is 5.54 Å². The van der Waals surface area contributed by atoms with Gasteiger partial charge in [-0.2, -0.15) is 0 Å². The van der Waals surface area contributed by atoms with Gasteiger partial charge in [0.25, 0.3) is 0 Å². The van der Waals surface area contributed by atoms with E-state index in [1.54, 1.807) is 6.33 Å². The quantitative estimate of drug-likeness (QED) is 0.840. The monoisotopic (exact) mass is 253 g/mol. The molecule has 0 unspecified atom stereocenters. The number of esters is 1. The molecule has 0 atom stereocenters. The number of rotatable bonds is 3. The number of aromatic nitrogens is 2. The highest BCUT2D eigenvalue weighted by Gasteiger charge is 2.30. The molecular formula is C13H23N3O2. The average molecular weight is 253 g/mol. The maximum atomic E-state index is 11.5. The van der Waals surface area contributed by atoms with E-state index >= 15 is 0 Å². The third-order valence-corrected chi connectivity index (χ3v) is 2.80. The minimum Gasteiger partial charge on any atom is -0.464 e. The van der Waals surface area contributed by atoms with Crippen molar-refractivity contribution in [3.63, 3.8) is 0 Å². The van der Waals surface area contributed by atoms with Gasteiger partial charge < -0.3 is 15.0 Å². The van der Waals surface area contributed by atoms with Crippen molar-refractivity contribution in [2.45, 2.75) is 46.6 Å². The van der Waals surface area contributed by atoms with Gasteiger partial charge in [0.2, 0.25) is 0 Å². The normalized spacial score (nSPS) is 12.6. The SMILES string of the molecule is COC(=O)c1ncn(C(C)(C)CC(C)(C)C)c1N. The van der Waals surface area contributed by atoms with Gasteiger partial charge in [0.15, 0.2) is 5.69 Å². The van der Waals surface area contributed by atoms with Crippen molar-refractivity contribution in [2.24, 2.45) is 5.41 Å². The first-order valence-corrected chi connectivity index (χ1v) is 6.00. The number of nitrogens with two attached hydrogens (primary N) is 1. The Kier molecular flexibility index (Phi) is 3.74. The molecular weight excluding hydrogens is 230 g/mol. The summed E-state index contributed by atoms with van der Waals surface area (Å²) in [6.07, 6.45) is 2.52. The molecule has 0 aliphatic rings. The van der Waals surface area contributed by atoms with E-state index in [-0.39, 0.29) is 16.6 Å². The topological polar surface area (TPSA) is 70.1 Å². The van der Waals surface area contributed by atoms with Gasteiger partial charge in [0.05, 0.1) is 13.4 Å². The number of methoxy groups -OCH3 is 1. The molecule has 1 aromatic rings. The van der Waals surface area contributed by atoms with E-state index in [1.165, 1.54) is 7.11 Å². The molecule has 0 aromatic carbocycles. The summed E-state index contributed by atoms with van der Waals surface area (Å²) in [7, 11) is 1.32. The second-order valence-electron chi connectivity index (χ2n) is 6.39. The molecule has 1 aromatic heterocycles. The molecule has 0 amide bonds. The fourth-order valence-corrected chi connectivity index (χ4v) is 2.48. The van der Waals surface area contributed by atoms with Crippen LogP contribution in [0.5, 0.6) is 0 Å². The molecule has 0 spiro atoms. The molecule has 0 radical (unpaired) electrons. The molecule has 0 fully saturated rings. The van der Waals surface area contributed by atoms with Crippen LogP contribution in [-0.4, -0.2) is 22.6 Å². The Morgan fingerprint density at radius 2 is 1.94 bits per heavy atom. The van der Waals surface area contributed by atoms with E-state index in [2.05, 4.69) is 44.3 Å². The number of ether oxygens (including phenoxy) is 1. The number of carbonyl (C=O) groups is 1. The molecule has 102 valence electrons. The van der Waals surface area contributed by atoms with Gasteiger partial charge in [-0.1, -0.05) is 20.8 Å². The van der Waals surface area contributed by atoms with Crippen molar-refractivity contribution in [2.75, 3.05) is 12.8 Å². The minimum absolute atomic E-state index is 0.158. The van der Waals surface area contributed by atoms with Crippen molar-refractivity contribution in [3.8, 4) is 0 Å². The molecule has 0 bridgehead atoms. The number of carbonyl (C=O) groups excluding carboxylic acids is 1. The van der Waals surface area contributed by atoms with Crippen LogP contribution in [0.1, 0.15) is 51.5 Å². The van der Waals surface area contributed by atoms with E-state index in [4.69, 9.17) is 5.73 Å². The summed E-state index contributed by atoms with van der Waals surface area (Å²) < 4.78 is 6.49. The number of nitrogen functional groups attached to an aromatic ring is 1. The zero-order valence-electron chi connectivity index (χ0n) is 12.1. The van der Waals surface area contributed by atoms with Crippen LogP contribution in [0.3, 0.4) is 0 Å². The van der Waals surface area contributed by atoms with Crippen LogP contribution >= 0.6 is 0 Å². The predicted octanol–water partition coefficient (Wildman–Crippen LogP) is 2.42. The van der Waals surface area contributed by atoms with Crippen molar-refractivity contribution in [3.05, 3.63) is 12.0 Å². The van der Waals surface area contributed by atoms with E-state index in [1.807, 2.05) is 4.57 Å². The second kappa shape index (κ2) is 4.63. The largest absolute Gasteiger partial charge is 0.464 e. The average Bonchev–Trinajstić information content (AvgIpc) is 2.56. The molecule has 18 heavy (non-hydrogen) atoms. The third kappa shape index (κ3) is 3.03. The predicted molar refractivity (Wildman–Crippen MR) is 71.4 cm³/mol. The first-order valence-electron chi connectivity index (χ1n) is 6.00. The zero-order chi connectivity index (χ0) is 14.1. The lowest BCUT2D eigenvalue weighted by atomic mass is 9.81. The Labute approximate surface area is 108 Å². The molecule has 0 aliphatic heterocycles. The lowest BCUT2D eigenvalue weighted by molar-refractivity contribution is 0.0596. The molecule has 1 heterocycles. The van der Waals surface area contributed by atoms with Crippen molar-refractivity contribution in [1.29, 1.82) is 0 Å². The van der Waals surface area contributed by atoms with Crippen LogP contribution in [0.15, 0.2) is 6.33 Å². The Morgan fingerprint density at radius 1 is 1.39 bits per heavy atom. The fraction of sp³-hybridized carbons (Fsp3) is 0.692. The number of nitrogens with zero attached hydrogens (tertiary/aromatic N) is 2. The highest BCUT2D eigenvalue weighted by Crippen LogP contribution is 2.34. The highest BCUT2D eigenvalue weighted by molar-refractivity contribution is 5.92. The van der Waals surface area contributed by atoms with E-state index < -0.39 is 5.97 Å². The van der Waals surface area contributed by atoms with Crippen LogP contribution in [0, 0.1) is 5.41 Å². The van der Waals surface area contributed by atoms with Gasteiger partial charge in [-0.05, 0) is 25.7 Å². The van der Waals surface area contributed by atoms with Crippen molar-refractivity contribution < 1.29 is 9.53 Å². The number of anilines is 1. The fourth-order valence-electron chi connectivity index (χ4n) is 2.48. The molecule has 0 saturated carbocycles. The Bertz CT molecular complexity index is 442. The summed E-state index contributed by atoms with van der Waals surface area (Å²) in [6.45, 7) is 10.7. The van der Waals surface area contributed by atoms with Crippen LogP contribution in [-0.2, 0) is 10.3 Å². The summed E-state index contributed by atoms with van der Waals surface area (Å²) in [5.74, 6) is -0.145. The maximum Gasteiger partial charge on any atom is 0.360 e. The van der Waals surface area contributed by atoms with E-state index in [0.29, 0.717) is 5.82 Å². The first kappa shape index (κ1) is 14.5. The molecule has 2 N–H and O–H groups in total. The third-order valence-electron chi connectivity index (χ3n) is 2.80. The Balaban J connectivity index is 3.11. The van der Waals surface area contributed by atoms with Gasteiger partial charge >= 0.3 is 5.97 Å². The van der Waals surface area contributed by atoms with Gasteiger partial charge in [-0.25, -0.2) is 9.78 Å². The molecule has 5 nitrogen and oxygen atoms in total. The zero-order valence-corrected chi connectivity index (χ0v) is 12.1. The highest BCUT2D eigenvalue weighted by atomic mass is 16.5. The number of hydrogen-bond donors (Lipinski definition) is 1. The summed E-state index contributed by atoms with van der Waals surface area (Å²) >= 11 is 0. The van der Waals surface area contributed by atoms with Gasteiger partial charge in [-0.3, -0.25) is 0 Å². The Hall–Kier alpha value is -1.52. The van der Waals surface area contributed by atoms with E-state index in [0.717, 1.165) is 6.42 Å². The van der Waals surface area contributed by atoms with Crippen LogP contribution in [0.2, 0.25) is 0 Å². The lowest BCUT2D eigenvalue weighted by Gasteiger charge is -2.34. The van der Waals surface area contributed by atoms with E-state index in [9.17, 15) is 4.79 Å². The van der Waals surface area contributed by atoms with Crippen LogP contribution in [0.4, 0.5) is 5.82 Å². The molecule has 0 saturated heterocycles.